The molecule has 0 radical (unpaired) electrons. The molecule has 9 heteroatoms. The molecule has 0 N–H and O–H groups in total. The van der Waals surface area contributed by atoms with Crippen LogP contribution in [0.3, 0.4) is 0 Å². The fourth-order valence-electron chi connectivity index (χ4n) is 2.56. The van der Waals surface area contributed by atoms with Crippen LogP contribution in [0, 0.1) is 11.3 Å². The van der Waals surface area contributed by atoms with Gasteiger partial charge in [-0.2, -0.15) is 15.2 Å². The summed E-state index contributed by atoms with van der Waals surface area (Å²) in [5.74, 6) is 0.454. The Balaban J connectivity index is 1.59. The molecule has 0 amide bonds. The molecule has 2 aromatic heterocycles. The Kier molecular flexibility index (Phi) is 4.75. The second-order valence-corrected chi connectivity index (χ2v) is 7.06. The lowest BCUT2D eigenvalue weighted by Gasteiger charge is -2.04. The minimum atomic E-state index is 0.454. The second-order valence-electron chi connectivity index (χ2n) is 5.73. The third-order valence-corrected chi connectivity index (χ3v) is 4.82. The van der Waals surface area contributed by atoms with Crippen LogP contribution in [0.15, 0.2) is 64.2 Å². The molecule has 0 atom stereocenters. The van der Waals surface area contributed by atoms with Gasteiger partial charge in [-0.05, 0) is 41.1 Å². The van der Waals surface area contributed by atoms with E-state index in [4.69, 9.17) is 5.26 Å². The Hall–Kier alpha value is -2.96. The van der Waals surface area contributed by atoms with Gasteiger partial charge < -0.3 is 0 Å². The van der Waals surface area contributed by atoms with Crippen molar-refractivity contribution >= 4 is 28.6 Å². The minimum Gasteiger partial charge on any atom is -0.227 e. The summed E-state index contributed by atoms with van der Waals surface area (Å²) in [6.45, 7) is 0.459. The van der Waals surface area contributed by atoms with E-state index in [1.54, 1.807) is 23.0 Å². The van der Waals surface area contributed by atoms with Crippen molar-refractivity contribution in [3.63, 3.8) is 0 Å². The maximum atomic E-state index is 8.87. The first-order valence-electron chi connectivity index (χ1n) is 7.94. The topological polar surface area (TPSA) is 85.2 Å². The lowest BCUT2D eigenvalue weighted by molar-refractivity contribution is 0.573. The molecule has 0 saturated heterocycles. The van der Waals surface area contributed by atoms with Gasteiger partial charge in [0, 0.05) is 4.47 Å². The molecule has 0 unspecified atom stereocenters. The largest absolute Gasteiger partial charge is 0.227 e. The highest BCUT2D eigenvalue weighted by molar-refractivity contribution is 9.10. The summed E-state index contributed by atoms with van der Waals surface area (Å²) in [6.07, 6.45) is 1.67. The molecule has 27 heavy (non-hydrogen) atoms. The van der Waals surface area contributed by atoms with Crippen LogP contribution >= 0.6 is 28.6 Å². The molecule has 0 bridgehead atoms. The van der Waals surface area contributed by atoms with E-state index in [1.807, 2.05) is 36.4 Å². The number of tetrazole rings is 1. The van der Waals surface area contributed by atoms with E-state index < -0.39 is 0 Å². The molecule has 4 rings (SSSR count). The molecule has 2 aromatic carbocycles. The van der Waals surface area contributed by atoms with Crippen LogP contribution in [0.5, 0.6) is 0 Å². The molecule has 0 aliphatic rings. The highest BCUT2D eigenvalue weighted by atomic mass is 79.9. The van der Waals surface area contributed by atoms with Crippen LogP contribution in [-0.2, 0) is 6.54 Å². The van der Waals surface area contributed by atoms with Crippen molar-refractivity contribution in [2.24, 2.45) is 0 Å². The number of thiol groups is 1. The third kappa shape index (κ3) is 3.63. The summed E-state index contributed by atoms with van der Waals surface area (Å²) in [5, 5.41) is 26.5. The zero-order chi connectivity index (χ0) is 18.8. The lowest BCUT2D eigenvalue weighted by Crippen LogP contribution is -2.04. The predicted molar refractivity (Wildman–Crippen MR) is 106 cm³/mol. The average Bonchev–Trinajstić information content (AvgIpc) is 3.28. The fourth-order valence-corrected chi connectivity index (χ4v) is 3.27. The summed E-state index contributed by atoms with van der Waals surface area (Å²) < 4.78 is 2.67. The molecule has 7 nitrogen and oxygen atoms in total. The SMILES string of the molecule is N#Cc1ccc(Cn2nnc(-c3cnn(-c4cccc(Br)c4)c3S)n2)cc1. The Morgan fingerprint density at radius 2 is 1.96 bits per heavy atom. The molecule has 0 aliphatic carbocycles. The summed E-state index contributed by atoms with van der Waals surface area (Å²) in [4.78, 5) is 1.50. The summed E-state index contributed by atoms with van der Waals surface area (Å²) in [7, 11) is 0. The number of rotatable bonds is 4. The number of halogens is 1. The van der Waals surface area contributed by atoms with Crippen molar-refractivity contribution in [1.82, 2.24) is 30.0 Å². The van der Waals surface area contributed by atoms with Gasteiger partial charge in [-0.25, -0.2) is 4.68 Å². The molecule has 0 aliphatic heterocycles. The summed E-state index contributed by atoms with van der Waals surface area (Å²) in [5.41, 5.74) is 3.18. The summed E-state index contributed by atoms with van der Waals surface area (Å²) in [6, 6.07) is 17.1. The van der Waals surface area contributed by atoms with E-state index >= 15 is 0 Å². The van der Waals surface area contributed by atoms with Crippen LogP contribution in [-0.4, -0.2) is 30.0 Å². The number of benzene rings is 2. The Labute approximate surface area is 168 Å². The number of hydrogen-bond acceptors (Lipinski definition) is 6. The smallest absolute Gasteiger partial charge is 0.209 e. The van der Waals surface area contributed by atoms with Crippen molar-refractivity contribution in [2.75, 3.05) is 0 Å². The fraction of sp³-hybridized carbons (Fsp3) is 0.0556. The first kappa shape index (κ1) is 17.5. The van der Waals surface area contributed by atoms with Gasteiger partial charge in [-0.15, -0.1) is 22.8 Å². The van der Waals surface area contributed by atoms with E-state index in [0.717, 1.165) is 15.7 Å². The number of nitriles is 1. The van der Waals surface area contributed by atoms with Gasteiger partial charge in [-0.1, -0.05) is 34.1 Å². The monoisotopic (exact) mass is 437 g/mol. The van der Waals surface area contributed by atoms with Crippen molar-refractivity contribution in [2.45, 2.75) is 11.6 Å². The zero-order valence-corrected chi connectivity index (χ0v) is 16.3. The van der Waals surface area contributed by atoms with Gasteiger partial charge in [0.05, 0.1) is 35.6 Å². The maximum Gasteiger partial charge on any atom is 0.209 e. The summed E-state index contributed by atoms with van der Waals surface area (Å²) >= 11 is 8.05. The quantitative estimate of drug-likeness (QED) is 0.493. The normalized spacial score (nSPS) is 10.7. The first-order chi connectivity index (χ1) is 13.1. The van der Waals surface area contributed by atoms with Crippen LogP contribution in [0.25, 0.3) is 17.1 Å². The van der Waals surface area contributed by atoms with Gasteiger partial charge in [-0.3, -0.25) is 0 Å². The molecule has 0 saturated carbocycles. The molecule has 2 heterocycles. The van der Waals surface area contributed by atoms with Crippen LogP contribution in [0.2, 0.25) is 0 Å². The molecular formula is C18H12BrN7S. The highest BCUT2D eigenvalue weighted by Gasteiger charge is 2.15. The van der Waals surface area contributed by atoms with Gasteiger partial charge in [0.25, 0.3) is 0 Å². The molecule has 132 valence electrons. The lowest BCUT2D eigenvalue weighted by atomic mass is 10.1. The van der Waals surface area contributed by atoms with E-state index in [0.29, 0.717) is 28.5 Å². The minimum absolute atomic E-state index is 0.454. The van der Waals surface area contributed by atoms with Crippen molar-refractivity contribution < 1.29 is 0 Å². The average molecular weight is 438 g/mol. The van der Waals surface area contributed by atoms with E-state index in [9.17, 15) is 0 Å². The molecule has 4 aromatic rings. The van der Waals surface area contributed by atoms with Crippen LogP contribution < -0.4 is 0 Å². The van der Waals surface area contributed by atoms with Gasteiger partial charge in [0.2, 0.25) is 5.82 Å². The van der Waals surface area contributed by atoms with Crippen LogP contribution in [0.4, 0.5) is 0 Å². The van der Waals surface area contributed by atoms with E-state index in [-0.39, 0.29) is 0 Å². The molecule has 0 fully saturated rings. The molecule has 0 spiro atoms. The van der Waals surface area contributed by atoms with Gasteiger partial charge >= 0.3 is 0 Å². The van der Waals surface area contributed by atoms with Crippen LogP contribution in [0.1, 0.15) is 11.1 Å². The Morgan fingerprint density at radius 1 is 1.15 bits per heavy atom. The van der Waals surface area contributed by atoms with Gasteiger partial charge in [0.15, 0.2) is 0 Å². The van der Waals surface area contributed by atoms with Crippen molar-refractivity contribution in [3.05, 3.63) is 70.3 Å². The van der Waals surface area contributed by atoms with Crippen molar-refractivity contribution in [3.8, 4) is 23.1 Å². The Bertz CT molecular complexity index is 1140. The maximum absolute atomic E-state index is 8.87. The standard InChI is InChI=1S/C18H12BrN7S/c19-14-2-1-3-15(8-14)26-18(27)16(10-21-26)17-22-24-25(23-17)11-13-6-4-12(9-20)5-7-13/h1-8,10,27H,11H2. The second kappa shape index (κ2) is 7.34. The van der Waals surface area contributed by atoms with E-state index in [2.05, 4.69) is 55.1 Å². The number of aromatic nitrogens is 6. The molecular weight excluding hydrogens is 426 g/mol. The predicted octanol–water partition coefficient (Wildman–Crippen LogP) is 3.50. The van der Waals surface area contributed by atoms with E-state index in [1.165, 1.54) is 4.80 Å². The first-order valence-corrected chi connectivity index (χ1v) is 9.18. The van der Waals surface area contributed by atoms with Gasteiger partial charge in [0.1, 0.15) is 5.03 Å². The number of hydrogen-bond donors (Lipinski definition) is 1. The third-order valence-electron chi connectivity index (χ3n) is 3.90. The number of nitrogens with zero attached hydrogens (tertiary/aromatic N) is 7. The van der Waals surface area contributed by atoms with Crippen molar-refractivity contribution in [1.29, 1.82) is 5.26 Å². The Morgan fingerprint density at radius 3 is 2.70 bits per heavy atom. The zero-order valence-electron chi connectivity index (χ0n) is 13.9. The highest BCUT2D eigenvalue weighted by Crippen LogP contribution is 2.26.